The van der Waals surface area contributed by atoms with Crippen LogP contribution in [0.25, 0.3) is 0 Å². The first-order valence-corrected chi connectivity index (χ1v) is 8.14. The van der Waals surface area contributed by atoms with Gasteiger partial charge in [0.2, 0.25) is 0 Å². The SMILES string of the molecule is O=C(C[NH+]1CCC[C@@H]1c1cccs1)Nc1ccc(F)c(F)c1. The Kier molecular flexibility index (Phi) is 4.49. The van der Waals surface area contributed by atoms with Gasteiger partial charge in [-0.2, -0.15) is 0 Å². The summed E-state index contributed by atoms with van der Waals surface area (Å²) in [5.41, 5.74) is 0.287. The summed E-state index contributed by atoms with van der Waals surface area (Å²) in [7, 11) is 0. The second-order valence-electron chi connectivity index (χ2n) is 5.47. The van der Waals surface area contributed by atoms with Crippen molar-refractivity contribution in [1.82, 2.24) is 0 Å². The van der Waals surface area contributed by atoms with Crippen molar-refractivity contribution in [3.05, 3.63) is 52.2 Å². The standard InChI is InChI=1S/C16H16F2N2OS/c17-12-6-5-11(9-13(12)18)19-16(21)10-20-7-1-3-14(20)15-4-2-8-22-15/h2,4-6,8-9,14H,1,3,7,10H2,(H,19,21)/p+1/t14-/m1/s1. The van der Waals surface area contributed by atoms with Crippen molar-refractivity contribution in [2.45, 2.75) is 18.9 Å². The number of rotatable bonds is 4. The van der Waals surface area contributed by atoms with Gasteiger partial charge in [-0.05, 0) is 23.6 Å². The minimum absolute atomic E-state index is 0.176. The fraction of sp³-hybridized carbons (Fsp3) is 0.312. The molecule has 2 aromatic rings. The summed E-state index contributed by atoms with van der Waals surface area (Å²) in [5.74, 6) is -2.05. The summed E-state index contributed by atoms with van der Waals surface area (Å²) >= 11 is 1.71. The molecule has 2 atom stereocenters. The Morgan fingerprint density at radius 2 is 2.18 bits per heavy atom. The highest BCUT2D eigenvalue weighted by atomic mass is 32.1. The van der Waals surface area contributed by atoms with E-state index in [1.807, 2.05) is 11.4 Å². The average molecular weight is 323 g/mol. The topological polar surface area (TPSA) is 33.5 Å². The van der Waals surface area contributed by atoms with Crippen LogP contribution in [0.4, 0.5) is 14.5 Å². The van der Waals surface area contributed by atoms with Gasteiger partial charge in [0.15, 0.2) is 18.2 Å². The number of carbonyl (C=O) groups is 1. The van der Waals surface area contributed by atoms with Crippen LogP contribution in [0.3, 0.4) is 0 Å². The molecule has 1 amide bonds. The molecule has 3 rings (SSSR count). The molecule has 1 unspecified atom stereocenters. The zero-order chi connectivity index (χ0) is 15.5. The van der Waals surface area contributed by atoms with Gasteiger partial charge in [0.05, 0.1) is 11.4 Å². The van der Waals surface area contributed by atoms with Gasteiger partial charge in [0, 0.05) is 24.6 Å². The Balaban J connectivity index is 1.62. The fourth-order valence-electron chi connectivity index (χ4n) is 2.94. The van der Waals surface area contributed by atoms with Crippen LogP contribution in [0.15, 0.2) is 35.7 Å². The quantitative estimate of drug-likeness (QED) is 0.890. The van der Waals surface area contributed by atoms with E-state index in [0.717, 1.165) is 31.5 Å². The second kappa shape index (κ2) is 6.54. The number of carbonyl (C=O) groups excluding carboxylic acids is 1. The van der Waals surface area contributed by atoms with E-state index in [1.54, 1.807) is 11.3 Å². The summed E-state index contributed by atoms with van der Waals surface area (Å²) in [6.07, 6.45) is 2.17. The highest BCUT2D eigenvalue weighted by Gasteiger charge is 2.32. The first-order valence-electron chi connectivity index (χ1n) is 7.26. The molecule has 0 aliphatic carbocycles. The van der Waals surface area contributed by atoms with E-state index in [-0.39, 0.29) is 11.6 Å². The number of anilines is 1. The molecule has 2 N–H and O–H groups in total. The molecule has 1 aromatic heterocycles. The molecule has 116 valence electrons. The molecule has 1 fully saturated rings. The van der Waals surface area contributed by atoms with Crippen molar-refractivity contribution in [2.24, 2.45) is 0 Å². The minimum Gasteiger partial charge on any atom is -0.321 e. The molecule has 1 aliphatic rings. The number of amides is 1. The molecule has 0 bridgehead atoms. The highest BCUT2D eigenvalue weighted by Crippen LogP contribution is 2.23. The Morgan fingerprint density at radius 1 is 1.32 bits per heavy atom. The predicted octanol–water partition coefficient (Wildman–Crippen LogP) is 2.38. The van der Waals surface area contributed by atoms with Gasteiger partial charge in [0.1, 0.15) is 6.04 Å². The first-order chi connectivity index (χ1) is 10.6. The van der Waals surface area contributed by atoms with Gasteiger partial charge in [-0.25, -0.2) is 8.78 Å². The number of nitrogens with one attached hydrogen (secondary N) is 2. The maximum absolute atomic E-state index is 13.2. The zero-order valence-electron chi connectivity index (χ0n) is 11.9. The number of hydrogen-bond acceptors (Lipinski definition) is 2. The van der Waals surface area contributed by atoms with Gasteiger partial charge in [-0.15, -0.1) is 11.3 Å². The largest absolute Gasteiger partial charge is 0.321 e. The number of benzene rings is 1. The van der Waals surface area contributed by atoms with Crippen molar-refractivity contribution in [3.63, 3.8) is 0 Å². The maximum atomic E-state index is 13.2. The van der Waals surface area contributed by atoms with Crippen molar-refractivity contribution in [2.75, 3.05) is 18.4 Å². The molecule has 0 saturated carbocycles. The summed E-state index contributed by atoms with van der Waals surface area (Å²) < 4.78 is 26.0. The van der Waals surface area contributed by atoms with Crippen LogP contribution in [-0.4, -0.2) is 19.0 Å². The average Bonchev–Trinajstić information content (AvgIpc) is 3.13. The molecule has 1 aromatic carbocycles. The Bertz CT molecular complexity index is 660. The lowest BCUT2D eigenvalue weighted by atomic mass is 10.2. The van der Waals surface area contributed by atoms with Crippen LogP contribution >= 0.6 is 11.3 Å². The van der Waals surface area contributed by atoms with E-state index in [1.165, 1.54) is 15.8 Å². The monoisotopic (exact) mass is 323 g/mol. The molecular weight excluding hydrogens is 306 g/mol. The third kappa shape index (κ3) is 3.34. The van der Waals surface area contributed by atoms with Gasteiger partial charge in [-0.1, -0.05) is 6.07 Å². The van der Waals surface area contributed by atoms with E-state index in [0.29, 0.717) is 12.6 Å². The van der Waals surface area contributed by atoms with E-state index < -0.39 is 11.6 Å². The third-order valence-electron chi connectivity index (χ3n) is 3.96. The van der Waals surface area contributed by atoms with E-state index in [4.69, 9.17) is 0 Å². The van der Waals surface area contributed by atoms with Crippen molar-refractivity contribution >= 4 is 22.9 Å². The molecule has 0 radical (unpaired) electrons. The number of thiophene rings is 1. The van der Waals surface area contributed by atoms with Crippen molar-refractivity contribution < 1.29 is 18.5 Å². The van der Waals surface area contributed by atoms with E-state index >= 15 is 0 Å². The lowest BCUT2D eigenvalue weighted by Gasteiger charge is -2.20. The van der Waals surface area contributed by atoms with Crippen molar-refractivity contribution in [3.8, 4) is 0 Å². The molecule has 0 spiro atoms. The van der Waals surface area contributed by atoms with Crippen molar-refractivity contribution in [1.29, 1.82) is 0 Å². The zero-order valence-corrected chi connectivity index (χ0v) is 12.8. The lowest BCUT2D eigenvalue weighted by Crippen LogP contribution is -3.11. The predicted molar refractivity (Wildman–Crippen MR) is 82.0 cm³/mol. The number of halogens is 2. The van der Waals surface area contributed by atoms with Crippen LogP contribution in [0.5, 0.6) is 0 Å². The number of quaternary nitrogens is 1. The third-order valence-corrected chi connectivity index (χ3v) is 4.95. The van der Waals surface area contributed by atoms with Gasteiger partial charge in [0.25, 0.3) is 5.91 Å². The minimum atomic E-state index is -0.956. The Morgan fingerprint density at radius 3 is 2.91 bits per heavy atom. The molecule has 1 aliphatic heterocycles. The molecule has 3 nitrogen and oxygen atoms in total. The first kappa shape index (κ1) is 15.1. The molecule has 22 heavy (non-hydrogen) atoms. The second-order valence-corrected chi connectivity index (χ2v) is 6.45. The van der Waals surface area contributed by atoms with Crippen LogP contribution in [0.2, 0.25) is 0 Å². The summed E-state index contributed by atoms with van der Waals surface area (Å²) in [6, 6.07) is 7.87. The Labute approximate surface area is 131 Å². The van der Waals surface area contributed by atoms with E-state index in [9.17, 15) is 13.6 Å². The summed E-state index contributed by atoms with van der Waals surface area (Å²) in [6.45, 7) is 1.29. The normalized spacial score (nSPS) is 21.0. The van der Waals surface area contributed by atoms with Crippen LogP contribution in [0, 0.1) is 11.6 Å². The van der Waals surface area contributed by atoms with Crippen LogP contribution in [0.1, 0.15) is 23.8 Å². The molecule has 6 heteroatoms. The van der Waals surface area contributed by atoms with Gasteiger partial charge >= 0.3 is 0 Å². The molecule has 1 saturated heterocycles. The van der Waals surface area contributed by atoms with Gasteiger partial charge in [-0.3, -0.25) is 4.79 Å². The fourth-order valence-corrected chi connectivity index (χ4v) is 3.86. The van der Waals surface area contributed by atoms with E-state index in [2.05, 4.69) is 11.4 Å². The van der Waals surface area contributed by atoms with Gasteiger partial charge < -0.3 is 10.2 Å². The Hall–Kier alpha value is -1.79. The maximum Gasteiger partial charge on any atom is 0.279 e. The molecular formula is C16H17F2N2OS+. The lowest BCUT2D eigenvalue weighted by molar-refractivity contribution is -0.910. The van der Waals surface area contributed by atoms with Crippen LogP contribution < -0.4 is 10.2 Å². The highest BCUT2D eigenvalue weighted by molar-refractivity contribution is 7.10. The van der Waals surface area contributed by atoms with Crippen LogP contribution in [-0.2, 0) is 4.79 Å². The summed E-state index contributed by atoms with van der Waals surface area (Å²) in [5, 5.41) is 4.69. The number of likely N-dealkylation sites (tertiary alicyclic amines) is 1. The number of hydrogen-bond donors (Lipinski definition) is 2. The smallest absolute Gasteiger partial charge is 0.279 e. The molecule has 2 heterocycles. The summed E-state index contributed by atoms with van der Waals surface area (Å²) in [4.78, 5) is 14.7.